The van der Waals surface area contributed by atoms with Gasteiger partial charge in [-0.15, -0.1) is 0 Å². The monoisotopic (exact) mass is 520 g/mol. The number of pyridine rings is 1. The molecule has 1 aromatic heterocycles. The number of esters is 1. The number of carbonyl (C=O) groups excluding carboxylic acids is 2. The Kier molecular flexibility index (Phi) is 13.4. The van der Waals surface area contributed by atoms with Gasteiger partial charge in [-0.05, 0) is 31.0 Å². The molecule has 1 heterocycles. The molecule has 4 N–H and O–H groups in total. The van der Waals surface area contributed by atoms with Crippen LogP contribution >= 0.6 is 11.6 Å². The average Bonchev–Trinajstić information content (AvgIpc) is 2.79. The summed E-state index contributed by atoms with van der Waals surface area (Å²) in [5.74, 6) is -1.71. The van der Waals surface area contributed by atoms with E-state index in [1.807, 2.05) is 44.2 Å². The van der Waals surface area contributed by atoms with Crippen molar-refractivity contribution in [3.05, 3.63) is 82.9 Å². The van der Waals surface area contributed by atoms with E-state index in [4.69, 9.17) is 31.9 Å². The molecule has 2 aromatic carbocycles. The number of nitrogens with two attached hydrogens (primary N) is 1. The fraction of sp³-hybridized carbons (Fsp3) is 0.269. The highest BCUT2D eigenvalue weighted by atomic mass is 35.5. The van der Waals surface area contributed by atoms with Crippen LogP contribution in [0.15, 0.2) is 60.8 Å². The molecule has 8 nitrogen and oxygen atoms in total. The van der Waals surface area contributed by atoms with Crippen LogP contribution in [0.1, 0.15) is 42.7 Å². The van der Waals surface area contributed by atoms with Gasteiger partial charge in [-0.2, -0.15) is 0 Å². The van der Waals surface area contributed by atoms with Crippen molar-refractivity contribution in [3.8, 4) is 17.2 Å². The summed E-state index contributed by atoms with van der Waals surface area (Å²) in [6.07, 6.45) is 3.44. The van der Waals surface area contributed by atoms with Crippen molar-refractivity contribution >= 4 is 23.5 Å². The van der Waals surface area contributed by atoms with Gasteiger partial charge in [0.15, 0.2) is 17.2 Å². The van der Waals surface area contributed by atoms with Gasteiger partial charge in [-0.3, -0.25) is 9.59 Å². The number of hydrogen-bond donors (Lipinski definition) is 3. The predicted octanol–water partition coefficient (Wildman–Crippen LogP) is 5.04. The second-order valence-corrected chi connectivity index (χ2v) is 7.88. The number of methoxy groups -OCH3 is 1. The molecule has 194 valence electrons. The Labute approximate surface area is 214 Å². The lowest BCUT2D eigenvalue weighted by atomic mass is 10.1. The van der Waals surface area contributed by atoms with E-state index in [0.29, 0.717) is 6.42 Å². The molecular formula is C26H30ClFN2O6. The summed E-state index contributed by atoms with van der Waals surface area (Å²) >= 11 is 5.35. The molecule has 1 unspecified atom stereocenters. The summed E-state index contributed by atoms with van der Waals surface area (Å²) in [4.78, 5) is 25.4. The maximum Gasteiger partial charge on any atom is 0.306 e. The fourth-order valence-corrected chi connectivity index (χ4v) is 3.01. The van der Waals surface area contributed by atoms with Gasteiger partial charge in [-0.25, -0.2) is 9.37 Å². The standard InChI is InChI=1S/C13H18O2.C7H8N2O3.C6H4ClFO/c1-3-7-13(14)15-11(2)10-12-8-5-4-6-9-12;1-12-4-2-3-9-5(6(4)10)7(8)11;7-4-1-5(8)3-6(9)2-4/h4-6,8-9,11H,3,7,10H2,1-2H3;2-3,10H,1H3,(H2,8,11);1-3,9H. The minimum Gasteiger partial charge on any atom is -0.508 e. The van der Waals surface area contributed by atoms with Crippen LogP contribution in [0.3, 0.4) is 0 Å². The number of halogens is 2. The number of aromatic hydroxyl groups is 2. The number of primary amides is 1. The van der Waals surface area contributed by atoms with Crippen LogP contribution in [0, 0.1) is 5.82 Å². The Bertz CT molecular complexity index is 1060. The lowest BCUT2D eigenvalue weighted by molar-refractivity contribution is -0.148. The normalized spacial score (nSPS) is 10.6. The van der Waals surface area contributed by atoms with Crippen LogP contribution in [0.5, 0.6) is 17.2 Å². The van der Waals surface area contributed by atoms with Crippen LogP contribution < -0.4 is 10.5 Å². The Hall–Kier alpha value is -3.85. The summed E-state index contributed by atoms with van der Waals surface area (Å²) in [5, 5.41) is 18.1. The third-order valence-electron chi connectivity index (χ3n) is 4.34. The molecule has 0 radical (unpaired) electrons. The van der Waals surface area contributed by atoms with E-state index < -0.39 is 11.7 Å². The van der Waals surface area contributed by atoms with Crippen molar-refractivity contribution in [2.45, 2.75) is 39.2 Å². The van der Waals surface area contributed by atoms with E-state index in [1.54, 1.807) is 0 Å². The maximum absolute atomic E-state index is 12.2. The third-order valence-corrected chi connectivity index (χ3v) is 4.56. The van der Waals surface area contributed by atoms with E-state index in [-0.39, 0.29) is 40.0 Å². The van der Waals surface area contributed by atoms with Crippen molar-refractivity contribution in [2.24, 2.45) is 5.73 Å². The molecule has 0 aliphatic rings. The van der Waals surface area contributed by atoms with Crippen molar-refractivity contribution in [1.29, 1.82) is 0 Å². The SMILES string of the molecule is CCCC(=O)OC(C)Cc1ccccc1.COc1ccnc(C(N)=O)c1O.Oc1cc(F)cc(Cl)c1. The molecular weight excluding hydrogens is 491 g/mol. The zero-order valence-corrected chi connectivity index (χ0v) is 21.0. The van der Waals surface area contributed by atoms with E-state index in [0.717, 1.165) is 25.0 Å². The number of ether oxygens (including phenoxy) is 2. The van der Waals surface area contributed by atoms with Crippen LogP contribution in [0.2, 0.25) is 5.02 Å². The first-order valence-electron chi connectivity index (χ1n) is 11.0. The van der Waals surface area contributed by atoms with Crippen molar-refractivity contribution in [2.75, 3.05) is 7.11 Å². The van der Waals surface area contributed by atoms with Gasteiger partial charge >= 0.3 is 5.97 Å². The molecule has 0 fully saturated rings. The molecule has 3 rings (SSSR count). The van der Waals surface area contributed by atoms with Crippen LogP contribution in [-0.2, 0) is 16.0 Å². The number of benzene rings is 2. The highest BCUT2D eigenvalue weighted by molar-refractivity contribution is 6.30. The highest BCUT2D eigenvalue weighted by Crippen LogP contribution is 2.26. The van der Waals surface area contributed by atoms with E-state index in [9.17, 15) is 19.1 Å². The Morgan fingerprint density at radius 2 is 1.81 bits per heavy atom. The summed E-state index contributed by atoms with van der Waals surface area (Å²) in [5.41, 5.74) is 5.94. The van der Waals surface area contributed by atoms with Crippen LogP contribution in [0.25, 0.3) is 0 Å². The Balaban J connectivity index is 0.000000279. The average molecular weight is 521 g/mol. The summed E-state index contributed by atoms with van der Waals surface area (Å²) < 4.78 is 22.2. The lowest BCUT2D eigenvalue weighted by Gasteiger charge is -2.12. The van der Waals surface area contributed by atoms with E-state index in [1.165, 1.54) is 31.0 Å². The minimum absolute atomic E-state index is 0.0357. The van der Waals surface area contributed by atoms with Gasteiger partial charge in [0.25, 0.3) is 5.91 Å². The number of phenols is 1. The van der Waals surface area contributed by atoms with Crippen LogP contribution in [-0.4, -0.2) is 40.3 Å². The van der Waals surface area contributed by atoms with Crippen LogP contribution in [0.4, 0.5) is 4.39 Å². The highest BCUT2D eigenvalue weighted by Gasteiger charge is 2.12. The number of hydrogen-bond acceptors (Lipinski definition) is 7. The zero-order valence-electron chi connectivity index (χ0n) is 20.3. The first-order valence-corrected chi connectivity index (χ1v) is 11.3. The first kappa shape index (κ1) is 30.2. The fourth-order valence-electron chi connectivity index (χ4n) is 2.80. The second-order valence-electron chi connectivity index (χ2n) is 7.44. The van der Waals surface area contributed by atoms with E-state index >= 15 is 0 Å². The number of phenolic OH excluding ortho intramolecular Hbond substituents is 1. The molecule has 0 saturated heterocycles. The molecule has 0 bridgehead atoms. The summed E-state index contributed by atoms with van der Waals surface area (Å²) in [6, 6.07) is 14.9. The van der Waals surface area contributed by atoms with Crippen molar-refractivity contribution < 1.29 is 33.7 Å². The van der Waals surface area contributed by atoms with E-state index in [2.05, 4.69) is 4.98 Å². The number of rotatable bonds is 7. The topological polar surface area (TPSA) is 132 Å². The molecule has 3 aromatic rings. The molecule has 1 amide bonds. The molecule has 0 spiro atoms. The third kappa shape index (κ3) is 11.5. The molecule has 10 heteroatoms. The van der Waals surface area contributed by atoms with Crippen molar-refractivity contribution in [1.82, 2.24) is 4.98 Å². The van der Waals surface area contributed by atoms with Gasteiger partial charge < -0.3 is 25.4 Å². The number of carbonyl (C=O) groups is 2. The van der Waals surface area contributed by atoms with Gasteiger partial charge in [0.05, 0.1) is 7.11 Å². The first-order chi connectivity index (χ1) is 17.1. The zero-order chi connectivity index (χ0) is 27.1. The second kappa shape index (κ2) is 15.9. The Morgan fingerprint density at radius 3 is 2.33 bits per heavy atom. The number of amides is 1. The van der Waals surface area contributed by atoms with Crippen molar-refractivity contribution in [3.63, 3.8) is 0 Å². The maximum atomic E-state index is 12.2. The summed E-state index contributed by atoms with van der Waals surface area (Å²) in [7, 11) is 1.37. The molecule has 0 aliphatic heterocycles. The number of nitrogens with zero attached hydrogens (tertiary/aromatic N) is 1. The van der Waals surface area contributed by atoms with Gasteiger partial charge in [-0.1, -0.05) is 48.9 Å². The quantitative estimate of drug-likeness (QED) is 0.372. The molecule has 0 saturated carbocycles. The van der Waals surface area contributed by atoms with Gasteiger partial charge in [0.2, 0.25) is 0 Å². The Morgan fingerprint density at radius 1 is 1.14 bits per heavy atom. The molecule has 0 aliphatic carbocycles. The van der Waals surface area contributed by atoms with Gasteiger partial charge in [0.1, 0.15) is 17.7 Å². The smallest absolute Gasteiger partial charge is 0.306 e. The number of aromatic nitrogens is 1. The largest absolute Gasteiger partial charge is 0.508 e. The predicted molar refractivity (Wildman–Crippen MR) is 135 cm³/mol. The lowest BCUT2D eigenvalue weighted by Crippen LogP contribution is -2.16. The summed E-state index contributed by atoms with van der Waals surface area (Å²) in [6.45, 7) is 3.91. The minimum atomic E-state index is -0.786. The van der Waals surface area contributed by atoms with Gasteiger partial charge in [0, 0.05) is 36.2 Å². The molecule has 36 heavy (non-hydrogen) atoms. The molecule has 1 atom stereocenters.